The standard InChI is InChI=1S/C40H53ClN4O10S2/c1-23-12-11-13-30(52-8)40(50)22-29(53-38(49)43-40)24(2)36-39(4,55-36)31(21-34(47)45(6)27-19-26(18-23)20-28(51-7)35(27)41)54-37(48)25(3)44(5)33(46)15-17-56-57-32-14-9-10-16-42-32/h9-11,13-14,16,19-20,23-25,29-31,36,50H,12,15,17-18,21-22H2,1-8H3,(H,43,49)/b13-11+/t23?,24-,25+,29+,30-,31+,36+,39+,40+/m1/s1. The van der Waals surface area contributed by atoms with Crippen molar-refractivity contribution in [2.75, 3.05) is 39.0 Å². The first-order chi connectivity index (χ1) is 27.0. The van der Waals surface area contributed by atoms with Crippen LogP contribution in [0.3, 0.4) is 0 Å². The first-order valence-corrected chi connectivity index (χ1v) is 21.6. The molecular weight excluding hydrogens is 796 g/mol. The Hall–Kier alpha value is -3.54. The SMILES string of the molecule is COc1cc2cc(c1Cl)N(C)C(=O)C[C@H](OC(=O)[C@H](C)N(C)C(=O)CCSSc1ccccn1)[C@]1(C)O[C@H]1[C@H](C)[C@@H]1C[C@@](O)(NC(=O)O1)[C@H](OC)/C=C/CC(C)C2. The van der Waals surface area contributed by atoms with Crippen LogP contribution in [0.25, 0.3) is 0 Å². The molecule has 9 atom stereocenters. The second-order valence-corrected chi connectivity index (χ2v) is 17.9. The largest absolute Gasteiger partial charge is 0.495 e. The Morgan fingerprint density at radius 2 is 1.96 bits per heavy atom. The highest BCUT2D eigenvalue weighted by atomic mass is 35.5. The highest BCUT2D eigenvalue weighted by molar-refractivity contribution is 8.76. The molecule has 5 rings (SSSR count). The molecule has 0 aliphatic carbocycles. The number of alkyl carbamates (subject to hydrolysis) is 1. The number of nitrogens with zero attached hydrogens (tertiary/aromatic N) is 3. The van der Waals surface area contributed by atoms with Gasteiger partial charge in [-0.1, -0.05) is 54.5 Å². The molecule has 17 heteroatoms. The summed E-state index contributed by atoms with van der Waals surface area (Å²) in [5.41, 5.74) is -1.73. The fourth-order valence-corrected chi connectivity index (χ4v) is 9.43. The van der Waals surface area contributed by atoms with Crippen LogP contribution < -0.4 is 15.0 Å². The van der Waals surface area contributed by atoms with Gasteiger partial charge in [0.1, 0.15) is 45.8 Å². The third-order valence-electron chi connectivity index (χ3n) is 11.0. The number of carbonyl (C=O) groups excluding carboxylic acids is 4. The average Bonchev–Trinajstić information content (AvgIpc) is 3.88. The first-order valence-electron chi connectivity index (χ1n) is 18.9. The molecular formula is C40H53ClN4O10S2. The smallest absolute Gasteiger partial charge is 0.409 e. The summed E-state index contributed by atoms with van der Waals surface area (Å²) < 4.78 is 29.4. The maximum atomic E-state index is 14.2. The summed E-state index contributed by atoms with van der Waals surface area (Å²) in [6, 6.07) is 8.28. The number of ether oxygens (including phenoxy) is 5. The molecule has 2 N–H and O–H groups in total. The summed E-state index contributed by atoms with van der Waals surface area (Å²) in [6.07, 6.45) is 2.02. The van der Waals surface area contributed by atoms with Crippen molar-refractivity contribution >= 4 is 62.8 Å². The third kappa shape index (κ3) is 10.6. The van der Waals surface area contributed by atoms with Crippen LogP contribution in [0.5, 0.6) is 5.75 Å². The number of allylic oxidation sites excluding steroid dienone is 1. The highest BCUT2D eigenvalue weighted by Gasteiger charge is 2.64. The van der Waals surface area contributed by atoms with Crippen molar-refractivity contribution in [2.45, 2.75) is 107 Å². The quantitative estimate of drug-likeness (QED) is 0.0966. The van der Waals surface area contributed by atoms with Gasteiger partial charge >= 0.3 is 12.1 Å². The lowest BCUT2D eigenvalue weighted by molar-refractivity contribution is -0.162. The lowest BCUT2D eigenvalue weighted by atomic mass is 9.83. The van der Waals surface area contributed by atoms with Gasteiger partial charge in [0.25, 0.3) is 0 Å². The molecule has 3 aliphatic rings. The van der Waals surface area contributed by atoms with E-state index in [0.29, 0.717) is 30.0 Å². The number of amides is 3. The van der Waals surface area contributed by atoms with Crippen molar-refractivity contribution in [1.82, 2.24) is 15.2 Å². The normalized spacial score (nSPS) is 30.2. The van der Waals surface area contributed by atoms with E-state index in [1.807, 2.05) is 43.3 Å². The average molecular weight is 849 g/mol. The Bertz CT molecular complexity index is 1810. The molecule has 4 bridgehead atoms. The topological polar surface area (TPSA) is 169 Å². The van der Waals surface area contributed by atoms with Gasteiger partial charge in [0.2, 0.25) is 11.8 Å². The van der Waals surface area contributed by atoms with Crippen molar-refractivity contribution in [2.24, 2.45) is 11.8 Å². The number of hydrogen-bond acceptors (Lipinski definition) is 13. The molecule has 2 fully saturated rings. The Balaban J connectivity index is 1.41. The summed E-state index contributed by atoms with van der Waals surface area (Å²) in [4.78, 5) is 61.2. The predicted octanol–water partition coefficient (Wildman–Crippen LogP) is 5.82. The van der Waals surface area contributed by atoms with Crippen LogP contribution in [0.1, 0.15) is 58.9 Å². The highest BCUT2D eigenvalue weighted by Crippen LogP contribution is 2.49. The molecule has 0 spiro atoms. The molecule has 2 aromatic rings. The number of likely N-dealkylation sites (N-methyl/N-ethyl adjacent to an activating group) is 1. The lowest BCUT2D eigenvalue weighted by Crippen LogP contribution is -2.63. The van der Waals surface area contributed by atoms with Crippen LogP contribution in [0.4, 0.5) is 10.5 Å². The van der Waals surface area contributed by atoms with Gasteiger partial charge in [0.15, 0.2) is 5.72 Å². The van der Waals surface area contributed by atoms with E-state index in [1.165, 1.54) is 52.7 Å². The van der Waals surface area contributed by atoms with Gasteiger partial charge in [-0.15, -0.1) is 0 Å². The Morgan fingerprint density at radius 3 is 2.65 bits per heavy atom. The third-order valence-corrected chi connectivity index (χ3v) is 13.6. The number of aromatic nitrogens is 1. The second-order valence-electron chi connectivity index (χ2n) is 15.1. The first kappa shape index (κ1) is 44.6. The number of rotatable bonds is 10. The zero-order valence-electron chi connectivity index (χ0n) is 33.6. The number of methoxy groups -OCH3 is 2. The van der Waals surface area contributed by atoms with E-state index < -0.39 is 65.7 Å². The van der Waals surface area contributed by atoms with Gasteiger partial charge in [-0.25, -0.2) is 14.6 Å². The lowest BCUT2D eigenvalue weighted by Gasteiger charge is -2.42. The van der Waals surface area contributed by atoms with E-state index in [9.17, 15) is 24.3 Å². The number of epoxide rings is 1. The number of halogens is 1. The van der Waals surface area contributed by atoms with Gasteiger partial charge in [0, 0.05) is 51.9 Å². The van der Waals surface area contributed by atoms with Crippen LogP contribution in [0.15, 0.2) is 53.7 Å². The predicted molar refractivity (Wildman–Crippen MR) is 218 cm³/mol. The molecule has 0 radical (unpaired) electrons. The minimum absolute atomic E-state index is 0.0346. The fourth-order valence-electron chi connectivity index (χ4n) is 7.26. The van der Waals surface area contributed by atoms with Crippen molar-refractivity contribution in [3.8, 4) is 5.75 Å². The molecule has 1 aromatic heterocycles. The minimum Gasteiger partial charge on any atom is -0.495 e. The van der Waals surface area contributed by atoms with Crippen molar-refractivity contribution in [3.05, 3.63) is 59.3 Å². The van der Waals surface area contributed by atoms with Gasteiger partial charge in [0.05, 0.1) is 25.3 Å². The van der Waals surface area contributed by atoms with Crippen molar-refractivity contribution in [1.29, 1.82) is 0 Å². The van der Waals surface area contributed by atoms with Crippen LogP contribution in [0.2, 0.25) is 5.02 Å². The number of anilines is 1. The fraction of sp³-hybridized carbons (Fsp3) is 0.575. The molecule has 4 heterocycles. The molecule has 1 unspecified atom stereocenters. The number of fused-ring (bicyclic) bond motifs is 5. The summed E-state index contributed by atoms with van der Waals surface area (Å²) in [7, 11) is 9.03. The molecule has 1 aromatic carbocycles. The van der Waals surface area contributed by atoms with Gasteiger partial charge in [-0.2, -0.15) is 0 Å². The number of hydrogen-bond donors (Lipinski definition) is 2. The maximum Gasteiger partial charge on any atom is 0.409 e. The van der Waals surface area contributed by atoms with E-state index in [0.717, 1.165) is 10.6 Å². The zero-order valence-corrected chi connectivity index (χ0v) is 35.9. The Kier molecular flexibility index (Phi) is 14.9. The number of pyridine rings is 1. The van der Waals surface area contributed by atoms with Gasteiger partial charge < -0.3 is 38.6 Å². The number of carbonyl (C=O) groups is 4. The van der Waals surface area contributed by atoms with Crippen LogP contribution in [-0.2, 0) is 39.8 Å². The van der Waals surface area contributed by atoms with Crippen molar-refractivity contribution < 1.29 is 48.0 Å². The summed E-state index contributed by atoms with van der Waals surface area (Å²) in [6.45, 7) is 7.17. The molecule has 0 saturated carbocycles. The van der Waals surface area contributed by atoms with Crippen LogP contribution in [-0.4, -0.2) is 115 Å². The molecule has 2 saturated heterocycles. The van der Waals surface area contributed by atoms with E-state index in [2.05, 4.69) is 17.2 Å². The van der Waals surface area contributed by atoms with E-state index in [-0.39, 0.29) is 36.1 Å². The maximum absolute atomic E-state index is 14.2. The number of aliphatic hydroxyl groups is 1. The second kappa shape index (κ2) is 19.0. The summed E-state index contributed by atoms with van der Waals surface area (Å²) in [5, 5.41) is 15.4. The number of benzene rings is 1. The van der Waals surface area contributed by atoms with Gasteiger partial charge in [-0.3, -0.25) is 14.9 Å². The summed E-state index contributed by atoms with van der Waals surface area (Å²) in [5.74, 6) is -0.932. The van der Waals surface area contributed by atoms with Crippen LogP contribution in [0, 0.1) is 11.8 Å². The van der Waals surface area contributed by atoms with Gasteiger partial charge in [-0.05, 0) is 73.2 Å². The number of nitrogens with one attached hydrogen (secondary N) is 1. The molecule has 14 nitrogen and oxygen atoms in total. The van der Waals surface area contributed by atoms with E-state index in [4.69, 9.17) is 35.3 Å². The number of esters is 1. The molecule has 3 amide bonds. The molecule has 57 heavy (non-hydrogen) atoms. The Morgan fingerprint density at radius 1 is 1.21 bits per heavy atom. The van der Waals surface area contributed by atoms with E-state index in [1.54, 1.807) is 33.2 Å². The minimum atomic E-state index is -1.80. The molecule has 312 valence electrons. The van der Waals surface area contributed by atoms with E-state index >= 15 is 0 Å². The zero-order chi connectivity index (χ0) is 41.7. The monoisotopic (exact) mass is 848 g/mol. The van der Waals surface area contributed by atoms with Crippen molar-refractivity contribution in [3.63, 3.8) is 0 Å². The van der Waals surface area contributed by atoms with Crippen LogP contribution >= 0.6 is 33.2 Å². The Labute approximate surface area is 347 Å². The summed E-state index contributed by atoms with van der Waals surface area (Å²) >= 11 is 6.80. The molecule has 3 aliphatic heterocycles.